The molecule has 0 saturated heterocycles. The van der Waals surface area contributed by atoms with Crippen LogP contribution in [0.4, 0.5) is 0 Å². The minimum Gasteiger partial charge on any atom is -0.328 e. The summed E-state index contributed by atoms with van der Waals surface area (Å²) in [7, 11) is 2.25. The third-order valence-electron chi connectivity index (χ3n) is 4.46. The molecule has 1 aliphatic carbocycles. The molecule has 2 rings (SSSR count). The van der Waals surface area contributed by atoms with Gasteiger partial charge in [-0.3, -0.25) is 0 Å². The van der Waals surface area contributed by atoms with Crippen LogP contribution in [0.3, 0.4) is 0 Å². The number of likely N-dealkylation sites (N-methyl/N-ethyl adjacent to an activating group) is 1. The van der Waals surface area contributed by atoms with Crippen LogP contribution < -0.4 is 5.73 Å². The molecule has 1 saturated carbocycles. The summed E-state index contributed by atoms with van der Waals surface area (Å²) in [5.74, 6) is 0. The molecule has 1 atom stereocenters. The molecule has 0 spiro atoms. The highest BCUT2D eigenvalue weighted by Gasteiger charge is 2.24. The van der Waals surface area contributed by atoms with Gasteiger partial charge >= 0.3 is 0 Å². The van der Waals surface area contributed by atoms with E-state index in [1.807, 2.05) is 12.1 Å². The minimum atomic E-state index is 0.427. The Labute approximate surface area is 121 Å². The average molecular weight is 281 g/mol. The van der Waals surface area contributed by atoms with Gasteiger partial charge in [-0.25, -0.2) is 0 Å². The van der Waals surface area contributed by atoms with E-state index in [0.29, 0.717) is 18.1 Å². The lowest BCUT2D eigenvalue weighted by Crippen LogP contribution is -2.43. The maximum absolute atomic E-state index is 5.98. The predicted octanol–water partition coefficient (Wildman–Crippen LogP) is 3.47. The second-order valence-corrected chi connectivity index (χ2v) is 6.35. The van der Waals surface area contributed by atoms with E-state index in [-0.39, 0.29) is 0 Å². The number of hydrogen-bond acceptors (Lipinski definition) is 2. The van der Waals surface area contributed by atoms with E-state index < -0.39 is 0 Å². The summed E-state index contributed by atoms with van der Waals surface area (Å²) >= 11 is 5.92. The molecule has 1 aromatic carbocycles. The molecule has 0 aromatic heterocycles. The van der Waals surface area contributed by atoms with Gasteiger partial charge in [-0.2, -0.15) is 0 Å². The van der Waals surface area contributed by atoms with Gasteiger partial charge < -0.3 is 10.6 Å². The predicted molar refractivity (Wildman–Crippen MR) is 82.6 cm³/mol. The first kappa shape index (κ1) is 14.8. The van der Waals surface area contributed by atoms with E-state index in [1.165, 1.54) is 31.2 Å². The third kappa shape index (κ3) is 4.20. The van der Waals surface area contributed by atoms with Crippen LogP contribution in [-0.2, 0) is 6.42 Å². The molecular formula is C16H25ClN2. The van der Waals surface area contributed by atoms with Gasteiger partial charge in [0.05, 0.1) is 0 Å². The van der Waals surface area contributed by atoms with Crippen LogP contribution >= 0.6 is 11.6 Å². The fraction of sp³-hybridized carbons (Fsp3) is 0.625. The Kier molecular flexibility index (Phi) is 5.26. The summed E-state index contributed by atoms with van der Waals surface area (Å²) in [4.78, 5) is 2.53. The molecule has 2 N–H and O–H groups in total. The molecule has 1 aliphatic rings. The monoisotopic (exact) mass is 280 g/mol. The third-order valence-corrected chi connectivity index (χ3v) is 4.71. The highest BCUT2D eigenvalue weighted by molar-refractivity contribution is 6.30. The molecule has 0 aliphatic heterocycles. The molecule has 106 valence electrons. The fourth-order valence-corrected chi connectivity index (χ4v) is 3.10. The van der Waals surface area contributed by atoms with Gasteiger partial charge in [-0.1, -0.05) is 23.7 Å². The molecule has 3 heteroatoms. The Morgan fingerprint density at radius 2 is 1.79 bits per heavy atom. The Balaban J connectivity index is 1.88. The van der Waals surface area contributed by atoms with Crippen LogP contribution in [-0.4, -0.2) is 30.1 Å². The SMILES string of the molecule is CC(Cc1ccc(Cl)cc1)N(C)C1CCC(N)CC1. The fourth-order valence-electron chi connectivity index (χ4n) is 2.97. The Morgan fingerprint density at radius 1 is 1.21 bits per heavy atom. The summed E-state index contributed by atoms with van der Waals surface area (Å²) in [6.45, 7) is 2.31. The van der Waals surface area contributed by atoms with Crippen molar-refractivity contribution in [3.8, 4) is 0 Å². The Hall–Kier alpha value is -0.570. The smallest absolute Gasteiger partial charge is 0.0406 e. The largest absolute Gasteiger partial charge is 0.328 e. The zero-order valence-corrected chi connectivity index (χ0v) is 12.7. The Bertz CT molecular complexity index is 382. The molecule has 1 fully saturated rings. The first-order valence-electron chi connectivity index (χ1n) is 7.28. The van der Waals surface area contributed by atoms with Gasteiger partial charge in [-0.15, -0.1) is 0 Å². The highest BCUT2D eigenvalue weighted by Crippen LogP contribution is 2.23. The summed E-state index contributed by atoms with van der Waals surface area (Å²) in [5, 5.41) is 0.811. The van der Waals surface area contributed by atoms with Gasteiger partial charge in [-0.05, 0) is 63.8 Å². The average Bonchev–Trinajstić information content (AvgIpc) is 2.41. The molecule has 1 unspecified atom stereocenters. The number of nitrogens with zero attached hydrogens (tertiary/aromatic N) is 1. The van der Waals surface area contributed by atoms with E-state index in [2.05, 4.69) is 31.0 Å². The van der Waals surface area contributed by atoms with Crippen molar-refractivity contribution in [2.45, 2.75) is 57.2 Å². The van der Waals surface area contributed by atoms with Crippen molar-refractivity contribution in [1.82, 2.24) is 4.90 Å². The summed E-state index contributed by atoms with van der Waals surface area (Å²) in [6.07, 6.45) is 5.90. The van der Waals surface area contributed by atoms with E-state index >= 15 is 0 Å². The van der Waals surface area contributed by atoms with Crippen molar-refractivity contribution in [1.29, 1.82) is 0 Å². The molecule has 2 nitrogen and oxygen atoms in total. The molecule has 0 heterocycles. The van der Waals surface area contributed by atoms with E-state index in [1.54, 1.807) is 0 Å². The zero-order chi connectivity index (χ0) is 13.8. The number of halogens is 1. The quantitative estimate of drug-likeness (QED) is 0.915. The maximum Gasteiger partial charge on any atom is 0.0406 e. The van der Waals surface area contributed by atoms with Crippen molar-refractivity contribution in [2.24, 2.45) is 5.73 Å². The van der Waals surface area contributed by atoms with Gasteiger partial charge in [0.25, 0.3) is 0 Å². The zero-order valence-electron chi connectivity index (χ0n) is 12.0. The normalized spacial score (nSPS) is 25.5. The van der Waals surface area contributed by atoms with E-state index in [0.717, 1.165) is 11.4 Å². The highest BCUT2D eigenvalue weighted by atomic mass is 35.5. The van der Waals surface area contributed by atoms with Crippen LogP contribution in [0.15, 0.2) is 24.3 Å². The van der Waals surface area contributed by atoms with Crippen LogP contribution in [0.5, 0.6) is 0 Å². The number of nitrogens with two attached hydrogens (primary N) is 1. The Morgan fingerprint density at radius 3 is 2.37 bits per heavy atom. The molecule has 0 radical (unpaired) electrons. The number of hydrogen-bond donors (Lipinski definition) is 1. The first-order valence-corrected chi connectivity index (χ1v) is 7.66. The van der Waals surface area contributed by atoms with Gasteiger partial charge in [0.1, 0.15) is 0 Å². The lowest BCUT2D eigenvalue weighted by Gasteiger charge is -2.37. The van der Waals surface area contributed by atoms with E-state index in [9.17, 15) is 0 Å². The number of benzene rings is 1. The maximum atomic E-state index is 5.98. The van der Waals surface area contributed by atoms with Crippen LogP contribution in [0.2, 0.25) is 5.02 Å². The van der Waals surface area contributed by atoms with Crippen molar-refractivity contribution in [2.75, 3.05) is 7.05 Å². The molecule has 19 heavy (non-hydrogen) atoms. The standard InChI is InChI=1S/C16H25ClN2/c1-12(11-13-3-5-14(17)6-4-13)19(2)16-9-7-15(18)8-10-16/h3-6,12,15-16H,7-11,18H2,1-2H3. The van der Waals surface area contributed by atoms with Crippen LogP contribution in [0.1, 0.15) is 38.2 Å². The first-order chi connectivity index (χ1) is 9.06. The number of rotatable bonds is 4. The van der Waals surface area contributed by atoms with Gasteiger partial charge in [0, 0.05) is 23.1 Å². The second kappa shape index (κ2) is 6.74. The van der Waals surface area contributed by atoms with Crippen molar-refractivity contribution in [3.05, 3.63) is 34.9 Å². The van der Waals surface area contributed by atoms with Gasteiger partial charge in [0.15, 0.2) is 0 Å². The summed E-state index contributed by atoms with van der Waals surface area (Å²) in [5.41, 5.74) is 7.34. The molecule has 0 amide bonds. The van der Waals surface area contributed by atoms with Crippen molar-refractivity contribution >= 4 is 11.6 Å². The lowest BCUT2D eigenvalue weighted by atomic mass is 9.90. The van der Waals surface area contributed by atoms with Gasteiger partial charge in [0.2, 0.25) is 0 Å². The van der Waals surface area contributed by atoms with E-state index in [4.69, 9.17) is 17.3 Å². The van der Waals surface area contributed by atoms with Crippen molar-refractivity contribution < 1.29 is 0 Å². The molecule has 0 bridgehead atoms. The second-order valence-electron chi connectivity index (χ2n) is 5.91. The topological polar surface area (TPSA) is 29.3 Å². The summed E-state index contributed by atoms with van der Waals surface area (Å²) < 4.78 is 0. The lowest BCUT2D eigenvalue weighted by molar-refractivity contribution is 0.140. The van der Waals surface area contributed by atoms with Crippen LogP contribution in [0.25, 0.3) is 0 Å². The molecule has 1 aromatic rings. The van der Waals surface area contributed by atoms with Crippen molar-refractivity contribution in [3.63, 3.8) is 0 Å². The van der Waals surface area contributed by atoms with Crippen LogP contribution in [0, 0.1) is 0 Å². The summed E-state index contributed by atoms with van der Waals surface area (Å²) in [6, 6.07) is 9.89. The molecular weight excluding hydrogens is 256 g/mol. The minimum absolute atomic E-state index is 0.427.